The van der Waals surface area contributed by atoms with Crippen molar-refractivity contribution in [1.82, 2.24) is 5.32 Å². The van der Waals surface area contributed by atoms with Crippen molar-refractivity contribution in [2.24, 2.45) is 0 Å². The Morgan fingerprint density at radius 1 is 1.17 bits per heavy atom. The predicted octanol–water partition coefficient (Wildman–Crippen LogP) is 2.43. The number of aliphatic hydroxyl groups is 1. The van der Waals surface area contributed by atoms with Crippen molar-refractivity contribution in [3.05, 3.63) is 29.8 Å². The molecule has 3 atom stereocenters. The van der Waals surface area contributed by atoms with E-state index in [0.717, 1.165) is 12.2 Å². The zero-order chi connectivity index (χ0) is 17.3. The second-order valence-electron chi connectivity index (χ2n) is 5.47. The van der Waals surface area contributed by atoms with Crippen molar-refractivity contribution in [2.75, 3.05) is 27.6 Å². The molecule has 0 radical (unpaired) electrons. The molecule has 23 heavy (non-hydrogen) atoms. The number of benzene rings is 1. The Morgan fingerprint density at radius 3 is 2.35 bits per heavy atom. The van der Waals surface area contributed by atoms with Crippen LogP contribution >= 0.6 is 0 Å². The number of nitrogens with one attached hydrogen (secondary N) is 1. The molecule has 0 aliphatic carbocycles. The van der Waals surface area contributed by atoms with Gasteiger partial charge < -0.3 is 24.1 Å². The fourth-order valence-electron chi connectivity index (χ4n) is 1.99. The molecule has 0 heterocycles. The van der Waals surface area contributed by atoms with Gasteiger partial charge in [0, 0.05) is 14.2 Å². The SMILES string of the molecule is CCC(C)c1ccc(OC(C)OCNC(O)(COC)OC)cc1. The van der Waals surface area contributed by atoms with Crippen molar-refractivity contribution in [3.8, 4) is 5.75 Å². The maximum atomic E-state index is 9.95. The summed E-state index contributed by atoms with van der Waals surface area (Å²) in [6.07, 6.45) is 0.635. The fraction of sp³-hybridized carbons (Fsp3) is 0.647. The van der Waals surface area contributed by atoms with Crippen LogP contribution in [0, 0.1) is 0 Å². The summed E-state index contributed by atoms with van der Waals surface area (Å²) in [5.74, 6) is -0.301. The highest BCUT2D eigenvalue weighted by Gasteiger charge is 2.25. The van der Waals surface area contributed by atoms with Gasteiger partial charge in [-0.05, 0) is 37.0 Å². The summed E-state index contributed by atoms with van der Waals surface area (Å²) in [6, 6.07) is 8.00. The van der Waals surface area contributed by atoms with E-state index in [0.29, 0.717) is 5.92 Å². The Kier molecular flexibility index (Phi) is 8.51. The molecule has 1 rings (SSSR count). The second kappa shape index (κ2) is 9.85. The molecule has 0 aliphatic rings. The molecule has 6 heteroatoms. The van der Waals surface area contributed by atoms with Crippen LogP contribution in [0.2, 0.25) is 0 Å². The first kappa shape index (κ1) is 19.9. The molecular formula is C17H29NO5. The predicted molar refractivity (Wildman–Crippen MR) is 88.2 cm³/mol. The van der Waals surface area contributed by atoms with Crippen LogP contribution in [0.25, 0.3) is 0 Å². The average Bonchev–Trinajstić information content (AvgIpc) is 2.55. The van der Waals surface area contributed by atoms with Gasteiger partial charge in [0.05, 0.1) is 0 Å². The molecule has 2 N–H and O–H groups in total. The first-order valence-corrected chi connectivity index (χ1v) is 7.83. The number of hydrogen-bond acceptors (Lipinski definition) is 6. The third kappa shape index (κ3) is 6.85. The maximum absolute atomic E-state index is 9.95. The number of hydrogen-bond donors (Lipinski definition) is 2. The Labute approximate surface area is 138 Å². The molecule has 0 fully saturated rings. The van der Waals surface area contributed by atoms with Crippen molar-refractivity contribution in [1.29, 1.82) is 0 Å². The summed E-state index contributed by atoms with van der Waals surface area (Å²) in [6.45, 7) is 6.19. The normalized spacial score (nSPS) is 16.6. The van der Waals surface area contributed by atoms with Crippen LogP contribution in [0.1, 0.15) is 38.7 Å². The molecule has 0 bridgehead atoms. The van der Waals surface area contributed by atoms with E-state index in [1.807, 2.05) is 12.1 Å². The monoisotopic (exact) mass is 327 g/mol. The third-order valence-corrected chi connectivity index (χ3v) is 3.71. The van der Waals surface area contributed by atoms with Crippen LogP contribution in [0.15, 0.2) is 24.3 Å². The Hall–Kier alpha value is -1.18. The van der Waals surface area contributed by atoms with Crippen LogP contribution in [0.5, 0.6) is 5.75 Å². The number of rotatable bonds is 11. The molecule has 0 aliphatic heterocycles. The van der Waals surface area contributed by atoms with Crippen LogP contribution in [-0.4, -0.2) is 44.9 Å². The Bertz CT molecular complexity index is 439. The minimum Gasteiger partial charge on any atom is -0.465 e. The minimum atomic E-state index is -1.58. The third-order valence-electron chi connectivity index (χ3n) is 3.71. The fourth-order valence-corrected chi connectivity index (χ4v) is 1.99. The molecule has 1 aromatic carbocycles. The van der Waals surface area contributed by atoms with Gasteiger partial charge in [-0.15, -0.1) is 0 Å². The molecule has 0 saturated carbocycles. The lowest BCUT2D eigenvalue weighted by Crippen LogP contribution is -2.51. The molecule has 0 saturated heterocycles. The maximum Gasteiger partial charge on any atom is 0.251 e. The second-order valence-corrected chi connectivity index (χ2v) is 5.47. The molecule has 0 aromatic heterocycles. The zero-order valence-electron chi connectivity index (χ0n) is 14.7. The van der Waals surface area contributed by atoms with Gasteiger partial charge in [-0.3, -0.25) is 0 Å². The van der Waals surface area contributed by atoms with Gasteiger partial charge in [0.25, 0.3) is 5.91 Å². The summed E-state index contributed by atoms with van der Waals surface area (Å²) in [4.78, 5) is 0. The van der Waals surface area contributed by atoms with Gasteiger partial charge in [0.1, 0.15) is 19.1 Å². The molecule has 1 aromatic rings. The zero-order valence-corrected chi connectivity index (χ0v) is 14.7. The lowest BCUT2D eigenvalue weighted by atomic mass is 9.99. The summed E-state index contributed by atoms with van der Waals surface area (Å²) in [5, 5.41) is 12.7. The minimum absolute atomic E-state index is 0.0147. The van der Waals surface area contributed by atoms with Crippen LogP contribution < -0.4 is 10.1 Å². The van der Waals surface area contributed by atoms with E-state index in [-0.39, 0.29) is 13.3 Å². The van der Waals surface area contributed by atoms with E-state index < -0.39 is 12.2 Å². The van der Waals surface area contributed by atoms with Crippen LogP contribution in [-0.2, 0) is 14.2 Å². The molecule has 0 amide bonds. The smallest absolute Gasteiger partial charge is 0.251 e. The Morgan fingerprint density at radius 2 is 1.83 bits per heavy atom. The van der Waals surface area contributed by atoms with E-state index in [4.69, 9.17) is 18.9 Å². The van der Waals surface area contributed by atoms with Crippen molar-refractivity contribution < 1.29 is 24.1 Å². The van der Waals surface area contributed by atoms with Gasteiger partial charge in [-0.1, -0.05) is 26.0 Å². The van der Waals surface area contributed by atoms with Crippen molar-refractivity contribution >= 4 is 0 Å². The standard InChI is InChI=1S/C17H29NO5/c1-6-13(2)15-7-9-16(10-8-15)23-14(3)22-12-18-17(19,21-5)11-20-4/h7-10,13-14,18-19H,6,11-12H2,1-5H3. The summed E-state index contributed by atoms with van der Waals surface area (Å²) >= 11 is 0. The highest BCUT2D eigenvalue weighted by Crippen LogP contribution is 2.22. The van der Waals surface area contributed by atoms with Gasteiger partial charge in [-0.25, -0.2) is 5.32 Å². The van der Waals surface area contributed by atoms with Gasteiger partial charge in [0.15, 0.2) is 6.29 Å². The van der Waals surface area contributed by atoms with E-state index in [9.17, 15) is 5.11 Å². The topological polar surface area (TPSA) is 69.2 Å². The quantitative estimate of drug-likeness (QED) is 0.608. The molecule has 6 nitrogen and oxygen atoms in total. The lowest BCUT2D eigenvalue weighted by Gasteiger charge is -2.27. The first-order chi connectivity index (χ1) is 10.9. The molecule has 132 valence electrons. The highest BCUT2D eigenvalue weighted by molar-refractivity contribution is 5.29. The van der Waals surface area contributed by atoms with Crippen molar-refractivity contribution in [2.45, 2.75) is 45.3 Å². The average molecular weight is 327 g/mol. The Balaban J connectivity index is 2.40. The van der Waals surface area contributed by atoms with Crippen molar-refractivity contribution in [3.63, 3.8) is 0 Å². The largest absolute Gasteiger partial charge is 0.465 e. The van der Waals surface area contributed by atoms with E-state index in [1.54, 1.807) is 6.92 Å². The van der Waals surface area contributed by atoms with Gasteiger partial charge in [-0.2, -0.15) is 0 Å². The summed E-state index contributed by atoms with van der Waals surface area (Å²) in [7, 11) is 2.85. The summed E-state index contributed by atoms with van der Waals surface area (Å²) in [5.41, 5.74) is 1.29. The van der Waals surface area contributed by atoms with E-state index >= 15 is 0 Å². The summed E-state index contributed by atoms with van der Waals surface area (Å²) < 4.78 is 20.9. The number of ether oxygens (including phenoxy) is 4. The van der Waals surface area contributed by atoms with Crippen LogP contribution in [0.4, 0.5) is 0 Å². The highest BCUT2D eigenvalue weighted by atomic mass is 16.7. The first-order valence-electron chi connectivity index (χ1n) is 7.83. The molecule has 0 spiro atoms. The van der Waals surface area contributed by atoms with Gasteiger partial charge in [0.2, 0.25) is 0 Å². The van der Waals surface area contributed by atoms with E-state index in [1.165, 1.54) is 19.8 Å². The lowest BCUT2D eigenvalue weighted by molar-refractivity contribution is -0.247. The van der Waals surface area contributed by atoms with Gasteiger partial charge >= 0.3 is 0 Å². The molecule has 3 unspecified atom stereocenters. The van der Waals surface area contributed by atoms with E-state index in [2.05, 4.69) is 31.3 Å². The number of methoxy groups -OCH3 is 2. The van der Waals surface area contributed by atoms with Crippen LogP contribution in [0.3, 0.4) is 0 Å². The molecular weight excluding hydrogens is 298 g/mol.